The van der Waals surface area contributed by atoms with Gasteiger partial charge in [0.1, 0.15) is 5.82 Å². The Morgan fingerprint density at radius 3 is 2.61 bits per heavy atom. The molecule has 4 heterocycles. The minimum atomic E-state index is -0.317. The molecule has 2 fully saturated rings. The fourth-order valence-corrected chi connectivity index (χ4v) is 3.87. The van der Waals surface area contributed by atoms with E-state index in [4.69, 9.17) is 4.52 Å². The molecule has 1 amide bonds. The van der Waals surface area contributed by atoms with Gasteiger partial charge < -0.3 is 19.6 Å². The van der Waals surface area contributed by atoms with Crippen LogP contribution in [0.5, 0.6) is 0 Å². The van der Waals surface area contributed by atoms with Crippen LogP contribution in [0.3, 0.4) is 0 Å². The summed E-state index contributed by atoms with van der Waals surface area (Å²) < 4.78 is 5.19. The first kappa shape index (κ1) is 18.9. The summed E-state index contributed by atoms with van der Waals surface area (Å²) in [7, 11) is 0. The minimum Gasteiger partial charge on any atom is -0.357 e. The Hall–Kier alpha value is -2.48. The smallest absolute Gasteiger partial charge is 0.316 e. The number of carbonyl (C=O) groups is 1. The molecule has 2 aromatic heterocycles. The molecular weight excluding hydrogens is 356 g/mol. The Kier molecular flexibility index (Phi) is 6.16. The summed E-state index contributed by atoms with van der Waals surface area (Å²) in [6.45, 7) is 5.71. The van der Waals surface area contributed by atoms with Gasteiger partial charge in [-0.1, -0.05) is 18.0 Å². The summed E-state index contributed by atoms with van der Waals surface area (Å²) in [5.74, 6) is 1.02. The zero-order valence-electron chi connectivity index (χ0n) is 16.3. The second-order valence-corrected chi connectivity index (χ2v) is 7.53. The van der Waals surface area contributed by atoms with Gasteiger partial charge in [-0.15, -0.1) is 0 Å². The van der Waals surface area contributed by atoms with Crippen molar-refractivity contribution < 1.29 is 9.32 Å². The summed E-state index contributed by atoms with van der Waals surface area (Å²) in [4.78, 5) is 25.7. The minimum absolute atomic E-state index is 0.00500. The summed E-state index contributed by atoms with van der Waals surface area (Å²) in [6.07, 6.45) is 9.23. The average molecular weight is 384 g/mol. The van der Waals surface area contributed by atoms with Crippen molar-refractivity contribution in [2.45, 2.75) is 38.5 Å². The van der Waals surface area contributed by atoms with Gasteiger partial charge in [-0.05, 0) is 50.9 Å². The van der Waals surface area contributed by atoms with E-state index >= 15 is 0 Å². The molecule has 0 saturated carbocycles. The topological polar surface area (TPSA) is 87.4 Å². The second-order valence-electron chi connectivity index (χ2n) is 7.53. The fraction of sp³-hybridized carbons (Fsp3) is 0.600. The lowest BCUT2D eigenvalue weighted by Crippen LogP contribution is -2.35. The van der Waals surface area contributed by atoms with Gasteiger partial charge >= 0.3 is 11.8 Å². The van der Waals surface area contributed by atoms with E-state index in [0.717, 1.165) is 44.1 Å². The third-order valence-corrected chi connectivity index (χ3v) is 5.47. The van der Waals surface area contributed by atoms with E-state index in [-0.39, 0.29) is 11.8 Å². The van der Waals surface area contributed by atoms with Crippen molar-refractivity contribution in [3.05, 3.63) is 24.2 Å². The number of likely N-dealkylation sites (tertiary alicyclic amines) is 1. The molecule has 28 heavy (non-hydrogen) atoms. The second kappa shape index (κ2) is 9.14. The van der Waals surface area contributed by atoms with Gasteiger partial charge in [0.05, 0.1) is 0 Å². The molecule has 8 nitrogen and oxygen atoms in total. The highest BCUT2D eigenvalue weighted by atomic mass is 16.5. The summed E-state index contributed by atoms with van der Waals surface area (Å²) in [5.41, 5.74) is 0.810. The average Bonchev–Trinajstić information content (AvgIpc) is 3.37. The molecule has 4 rings (SSSR count). The van der Waals surface area contributed by atoms with Gasteiger partial charge in [-0.25, -0.2) is 4.98 Å². The van der Waals surface area contributed by atoms with Crippen molar-refractivity contribution >= 4 is 11.7 Å². The van der Waals surface area contributed by atoms with Gasteiger partial charge in [-0.2, -0.15) is 4.98 Å². The molecule has 0 aliphatic carbocycles. The molecule has 1 N–H and O–H groups in total. The first-order valence-corrected chi connectivity index (χ1v) is 10.4. The standard InChI is InChI=1S/C20H28N6O2/c27-19(22-9-14-25-10-3-1-2-4-11-25)20-23-18(24-28-20)16-7-8-21-17(15-16)26-12-5-6-13-26/h7-8,15H,1-6,9-14H2,(H,22,27). The third kappa shape index (κ3) is 4.67. The Labute approximate surface area is 165 Å². The Bertz CT molecular complexity index is 779. The molecular formula is C20H28N6O2. The van der Waals surface area contributed by atoms with Crippen LogP contribution in [0, 0.1) is 0 Å². The Morgan fingerprint density at radius 1 is 1.07 bits per heavy atom. The molecule has 2 aliphatic heterocycles. The predicted octanol–water partition coefficient (Wildman–Crippen LogP) is 2.34. The van der Waals surface area contributed by atoms with E-state index in [9.17, 15) is 4.79 Å². The van der Waals surface area contributed by atoms with Gasteiger partial charge in [0, 0.05) is 37.9 Å². The number of amides is 1. The molecule has 2 aliphatic rings. The maximum Gasteiger partial charge on any atom is 0.316 e. The number of hydrogen-bond donors (Lipinski definition) is 1. The fourth-order valence-electron chi connectivity index (χ4n) is 3.87. The number of rotatable bonds is 6. The molecule has 0 radical (unpaired) electrons. The maximum atomic E-state index is 12.3. The van der Waals surface area contributed by atoms with Crippen molar-refractivity contribution in [1.29, 1.82) is 0 Å². The number of nitrogens with zero attached hydrogens (tertiary/aromatic N) is 5. The number of nitrogens with one attached hydrogen (secondary N) is 1. The van der Waals surface area contributed by atoms with Crippen LogP contribution in [-0.2, 0) is 0 Å². The lowest BCUT2D eigenvalue weighted by molar-refractivity contribution is 0.0904. The lowest BCUT2D eigenvalue weighted by Gasteiger charge is -2.19. The van der Waals surface area contributed by atoms with E-state index in [1.165, 1.54) is 38.5 Å². The number of aromatic nitrogens is 3. The Morgan fingerprint density at radius 2 is 1.82 bits per heavy atom. The van der Waals surface area contributed by atoms with Crippen molar-refractivity contribution in [3.8, 4) is 11.4 Å². The quantitative estimate of drug-likeness (QED) is 0.818. The maximum absolute atomic E-state index is 12.3. The zero-order chi connectivity index (χ0) is 19.2. The van der Waals surface area contributed by atoms with Crippen molar-refractivity contribution in [1.82, 2.24) is 25.3 Å². The highest BCUT2D eigenvalue weighted by molar-refractivity contribution is 5.89. The number of anilines is 1. The Balaban J connectivity index is 1.33. The van der Waals surface area contributed by atoms with Gasteiger partial charge in [0.25, 0.3) is 0 Å². The zero-order valence-corrected chi connectivity index (χ0v) is 16.3. The molecule has 0 aromatic carbocycles. The van der Waals surface area contributed by atoms with E-state index < -0.39 is 0 Å². The van der Waals surface area contributed by atoms with Crippen LogP contribution < -0.4 is 10.2 Å². The largest absolute Gasteiger partial charge is 0.357 e. The summed E-state index contributed by atoms with van der Waals surface area (Å²) >= 11 is 0. The van der Waals surface area contributed by atoms with Crippen LogP contribution in [0.1, 0.15) is 49.2 Å². The van der Waals surface area contributed by atoms with Crippen LogP contribution in [0.2, 0.25) is 0 Å². The predicted molar refractivity (Wildman–Crippen MR) is 106 cm³/mol. The van der Waals surface area contributed by atoms with Crippen LogP contribution in [0.15, 0.2) is 22.9 Å². The van der Waals surface area contributed by atoms with Gasteiger partial charge in [-0.3, -0.25) is 4.79 Å². The molecule has 2 aromatic rings. The highest BCUT2D eigenvalue weighted by Gasteiger charge is 2.18. The monoisotopic (exact) mass is 384 g/mol. The number of hydrogen-bond acceptors (Lipinski definition) is 7. The van der Waals surface area contributed by atoms with Crippen LogP contribution in [0.4, 0.5) is 5.82 Å². The normalized spacial score (nSPS) is 18.2. The molecule has 0 bridgehead atoms. The van der Waals surface area contributed by atoms with Crippen molar-refractivity contribution in [2.75, 3.05) is 44.2 Å². The summed E-state index contributed by atoms with van der Waals surface area (Å²) in [5, 5.41) is 6.87. The van der Waals surface area contributed by atoms with E-state index in [2.05, 4.69) is 30.2 Å². The van der Waals surface area contributed by atoms with Crippen molar-refractivity contribution in [2.24, 2.45) is 0 Å². The van der Waals surface area contributed by atoms with Gasteiger partial charge in [0.2, 0.25) is 5.82 Å². The van der Waals surface area contributed by atoms with Crippen molar-refractivity contribution in [3.63, 3.8) is 0 Å². The molecule has 0 spiro atoms. The van der Waals surface area contributed by atoms with Gasteiger partial charge in [0.15, 0.2) is 0 Å². The van der Waals surface area contributed by atoms with E-state index in [1.807, 2.05) is 12.1 Å². The highest BCUT2D eigenvalue weighted by Crippen LogP contribution is 2.23. The third-order valence-electron chi connectivity index (χ3n) is 5.47. The molecule has 8 heteroatoms. The SMILES string of the molecule is O=C(NCCN1CCCCCC1)c1nc(-c2ccnc(N3CCCC3)c2)no1. The number of pyridine rings is 1. The molecule has 2 saturated heterocycles. The summed E-state index contributed by atoms with van der Waals surface area (Å²) in [6, 6.07) is 3.79. The first-order chi connectivity index (χ1) is 13.8. The van der Waals surface area contributed by atoms with E-state index in [1.54, 1.807) is 6.20 Å². The first-order valence-electron chi connectivity index (χ1n) is 10.4. The van der Waals surface area contributed by atoms with E-state index in [0.29, 0.717) is 12.4 Å². The van der Waals surface area contributed by atoms with Crippen LogP contribution in [0.25, 0.3) is 11.4 Å². The number of carbonyl (C=O) groups excluding carboxylic acids is 1. The molecule has 0 unspecified atom stereocenters. The van der Waals surface area contributed by atoms with Crippen LogP contribution >= 0.6 is 0 Å². The lowest BCUT2D eigenvalue weighted by atomic mass is 10.2. The molecule has 150 valence electrons. The van der Waals surface area contributed by atoms with Crippen LogP contribution in [-0.4, -0.2) is 65.2 Å². The molecule has 0 atom stereocenters.